The lowest BCUT2D eigenvalue weighted by molar-refractivity contribution is -0.141. The van der Waals surface area contributed by atoms with Gasteiger partial charge < -0.3 is 14.5 Å². The average Bonchev–Trinajstić information content (AvgIpc) is 2.71. The van der Waals surface area contributed by atoms with Crippen LogP contribution in [0.2, 0.25) is 0 Å². The van der Waals surface area contributed by atoms with Gasteiger partial charge in [0.2, 0.25) is 5.91 Å². The van der Waals surface area contributed by atoms with E-state index in [0.717, 1.165) is 26.1 Å². The van der Waals surface area contributed by atoms with Crippen LogP contribution in [-0.2, 0) is 14.3 Å². The number of Topliss-reactive ketones (excluding diaryl/α,β-unsaturated/α-hetero) is 1. The van der Waals surface area contributed by atoms with Crippen molar-refractivity contribution in [3.63, 3.8) is 0 Å². The lowest BCUT2D eigenvalue weighted by Crippen LogP contribution is -2.36. The SMILES string of the molecule is CCN(CC)CCCN(CCC(=O)OC)C(=O)CCC(=O)c1ccccc1. The topological polar surface area (TPSA) is 66.9 Å². The molecule has 0 aliphatic rings. The molecule has 0 N–H and O–H groups in total. The largest absolute Gasteiger partial charge is 0.469 e. The van der Waals surface area contributed by atoms with Crippen LogP contribution in [0.1, 0.15) is 49.9 Å². The summed E-state index contributed by atoms with van der Waals surface area (Å²) in [5.74, 6) is -0.473. The Labute approximate surface area is 162 Å². The van der Waals surface area contributed by atoms with Crippen LogP contribution < -0.4 is 0 Å². The summed E-state index contributed by atoms with van der Waals surface area (Å²) in [5, 5.41) is 0. The third-order valence-corrected chi connectivity index (χ3v) is 4.62. The second-order valence-electron chi connectivity index (χ2n) is 6.38. The molecule has 0 saturated carbocycles. The molecule has 0 heterocycles. The number of methoxy groups -OCH3 is 1. The third-order valence-electron chi connectivity index (χ3n) is 4.62. The highest BCUT2D eigenvalue weighted by molar-refractivity contribution is 5.97. The molecule has 1 rings (SSSR count). The first kappa shape index (κ1) is 22.8. The normalized spacial score (nSPS) is 10.7. The highest BCUT2D eigenvalue weighted by atomic mass is 16.5. The van der Waals surface area contributed by atoms with E-state index < -0.39 is 0 Å². The maximum absolute atomic E-state index is 12.6. The Balaban J connectivity index is 2.56. The Kier molecular flexibility index (Phi) is 11.0. The van der Waals surface area contributed by atoms with E-state index in [1.54, 1.807) is 17.0 Å². The van der Waals surface area contributed by atoms with Crippen LogP contribution in [0.4, 0.5) is 0 Å². The molecule has 6 nitrogen and oxygen atoms in total. The zero-order valence-electron chi connectivity index (χ0n) is 16.8. The number of benzene rings is 1. The van der Waals surface area contributed by atoms with Crippen molar-refractivity contribution in [2.24, 2.45) is 0 Å². The molecule has 0 radical (unpaired) electrons. The fraction of sp³-hybridized carbons (Fsp3) is 0.571. The average molecular weight is 376 g/mol. The van der Waals surface area contributed by atoms with Crippen molar-refractivity contribution >= 4 is 17.7 Å². The summed E-state index contributed by atoms with van der Waals surface area (Å²) in [6.45, 7) is 7.96. The summed E-state index contributed by atoms with van der Waals surface area (Å²) in [7, 11) is 1.34. The number of hydrogen-bond acceptors (Lipinski definition) is 5. The van der Waals surface area contributed by atoms with Crippen molar-refractivity contribution in [3.05, 3.63) is 35.9 Å². The van der Waals surface area contributed by atoms with E-state index >= 15 is 0 Å². The minimum Gasteiger partial charge on any atom is -0.469 e. The van der Waals surface area contributed by atoms with Crippen molar-refractivity contribution in [2.75, 3.05) is 39.8 Å². The van der Waals surface area contributed by atoms with Gasteiger partial charge in [-0.25, -0.2) is 0 Å². The van der Waals surface area contributed by atoms with E-state index in [2.05, 4.69) is 23.5 Å². The van der Waals surface area contributed by atoms with Gasteiger partial charge in [0.15, 0.2) is 5.78 Å². The van der Waals surface area contributed by atoms with Crippen LogP contribution in [0.5, 0.6) is 0 Å². The molecule has 1 aromatic carbocycles. The number of hydrogen-bond donors (Lipinski definition) is 0. The van der Waals surface area contributed by atoms with Crippen LogP contribution >= 0.6 is 0 Å². The maximum atomic E-state index is 12.6. The summed E-state index contributed by atoms with van der Waals surface area (Å²) >= 11 is 0. The minimum atomic E-state index is -0.336. The second-order valence-corrected chi connectivity index (χ2v) is 6.38. The number of carbonyl (C=O) groups is 3. The maximum Gasteiger partial charge on any atom is 0.307 e. The molecule has 0 bridgehead atoms. The number of nitrogens with zero attached hydrogens (tertiary/aromatic N) is 2. The third kappa shape index (κ3) is 8.82. The van der Waals surface area contributed by atoms with Gasteiger partial charge in [-0.3, -0.25) is 14.4 Å². The standard InChI is InChI=1S/C21H32N2O4/c1-4-22(5-2)15-9-16-23(17-14-21(26)27-3)20(25)13-12-19(24)18-10-7-6-8-11-18/h6-8,10-11H,4-5,9,12-17H2,1-3H3. The molecule has 0 spiro atoms. The molecule has 27 heavy (non-hydrogen) atoms. The van der Waals surface area contributed by atoms with Crippen LogP contribution in [0.25, 0.3) is 0 Å². The van der Waals surface area contributed by atoms with Crippen LogP contribution in [-0.4, -0.2) is 67.3 Å². The van der Waals surface area contributed by atoms with Gasteiger partial charge in [-0.05, 0) is 26.1 Å². The van der Waals surface area contributed by atoms with Gasteiger partial charge >= 0.3 is 5.97 Å². The Morgan fingerprint density at radius 3 is 2.15 bits per heavy atom. The van der Waals surface area contributed by atoms with Gasteiger partial charge in [-0.1, -0.05) is 44.2 Å². The molecule has 0 atom stereocenters. The van der Waals surface area contributed by atoms with Gasteiger partial charge in [-0.15, -0.1) is 0 Å². The summed E-state index contributed by atoms with van der Waals surface area (Å²) in [4.78, 5) is 40.2. The summed E-state index contributed by atoms with van der Waals surface area (Å²) in [6.07, 6.45) is 1.33. The molecule has 0 fully saturated rings. The first-order valence-corrected chi connectivity index (χ1v) is 9.67. The summed E-state index contributed by atoms with van der Waals surface area (Å²) in [6, 6.07) is 8.99. The lowest BCUT2D eigenvalue weighted by atomic mass is 10.1. The first-order valence-electron chi connectivity index (χ1n) is 9.67. The molecular weight excluding hydrogens is 344 g/mol. The molecule has 1 aromatic rings. The fourth-order valence-corrected chi connectivity index (χ4v) is 2.86. The lowest BCUT2D eigenvalue weighted by Gasteiger charge is -2.24. The molecule has 6 heteroatoms. The zero-order chi connectivity index (χ0) is 20.1. The van der Waals surface area contributed by atoms with Crippen LogP contribution in [0.3, 0.4) is 0 Å². The second kappa shape index (κ2) is 13.0. The van der Waals surface area contributed by atoms with E-state index in [-0.39, 0.29) is 36.9 Å². The van der Waals surface area contributed by atoms with Gasteiger partial charge in [0.1, 0.15) is 0 Å². The molecule has 0 saturated heterocycles. The fourth-order valence-electron chi connectivity index (χ4n) is 2.86. The van der Waals surface area contributed by atoms with Crippen molar-refractivity contribution in [3.8, 4) is 0 Å². The smallest absolute Gasteiger partial charge is 0.307 e. The number of amides is 1. The van der Waals surface area contributed by atoms with Crippen molar-refractivity contribution in [2.45, 2.75) is 39.5 Å². The van der Waals surface area contributed by atoms with E-state index in [9.17, 15) is 14.4 Å². The molecule has 150 valence electrons. The Morgan fingerprint density at radius 1 is 0.889 bits per heavy atom. The highest BCUT2D eigenvalue weighted by Gasteiger charge is 2.17. The zero-order valence-corrected chi connectivity index (χ0v) is 16.8. The summed E-state index contributed by atoms with van der Waals surface area (Å²) in [5.41, 5.74) is 0.618. The van der Waals surface area contributed by atoms with Crippen LogP contribution in [0.15, 0.2) is 30.3 Å². The molecule has 0 aromatic heterocycles. The van der Waals surface area contributed by atoms with Gasteiger partial charge in [-0.2, -0.15) is 0 Å². The first-order chi connectivity index (χ1) is 13.0. The molecule has 0 unspecified atom stereocenters. The molecule has 0 aliphatic heterocycles. The monoisotopic (exact) mass is 376 g/mol. The Bertz CT molecular complexity index is 585. The number of ether oxygens (including phenoxy) is 1. The molecular formula is C21H32N2O4. The van der Waals surface area contributed by atoms with E-state index in [0.29, 0.717) is 18.7 Å². The van der Waals surface area contributed by atoms with E-state index in [1.165, 1.54) is 7.11 Å². The predicted octanol–water partition coefficient (Wildman–Crippen LogP) is 2.77. The van der Waals surface area contributed by atoms with Crippen molar-refractivity contribution in [1.29, 1.82) is 0 Å². The van der Waals surface area contributed by atoms with Crippen molar-refractivity contribution < 1.29 is 19.1 Å². The number of ketones is 1. The van der Waals surface area contributed by atoms with Gasteiger partial charge in [0.05, 0.1) is 13.5 Å². The van der Waals surface area contributed by atoms with Gasteiger partial charge in [0.25, 0.3) is 0 Å². The Morgan fingerprint density at radius 2 is 1.56 bits per heavy atom. The van der Waals surface area contributed by atoms with E-state index in [4.69, 9.17) is 0 Å². The van der Waals surface area contributed by atoms with Crippen molar-refractivity contribution in [1.82, 2.24) is 9.80 Å². The van der Waals surface area contributed by atoms with Crippen LogP contribution in [0, 0.1) is 0 Å². The quantitative estimate of drug-likeness (QED) is 0.391. The minimum absolute atomic E-state index is 0.0417. The molecule has 0 aliphatic carbocycles. The van der Waals surface area contributed by atoms with Gasteiger partial charge in [0, 0.05) is 31.5 Å². The predicted molar refractivity (Wildman–Crippen MR) is 106 cm³/mol. The number of carbonyl (C=O) groups excluding carboxylic acids is 3. The molecule has 1 amide bonds. The highest BCUT2D eigenvalue weighted by Crippen LogP contribution is 2.08. The summed E-state index contributed by atoms with van der Waals surface area (Å²) < 4.78 is 4.67. The van der Waals surface area contributed by atoms with E-state index in [1.807, 2.05) is 18.2 Å². The Hall–Kier alpha value is -2.21. The number of esters is 1. The number of rotatable bonds is 13.